The summed E-state index contributed by atoms with van der Waals surface area (Å²) in [7, 11) is 0. The first-order valence-corrected chi connectivity index (χ1v) is 7.13. The van der Waals surface area contributed by atoms with Crippen LogP contribution in [0.5, 0.6) is 5.75 Å². The molecule has 0 saturated carbocycles. The lowest BCUT2D eigenvalue weighted by Gasteiger charge is -2.12. The number of hydrogen-bond donors (Lipinski definition) is 1. The SMILES string of the molecule is CCOc1ccc(NCc2cc(C)cc(C)c2)c(C)c1. The molecular weight excluding hydrogens is 246 g/mol. The van der Waals surface area contributed by atoms with Gasteiger partial charge in [-0.3, -0.25) is 0 Å². The van der Waals surface area contributed by atoms with Crippen LogP contribution in [0, 0.1) is 20.8 Å². The molecule has 0 spiro atoms. The molecule has 0 amide bonds. The minimum atomic E-state index is 0.703. The fourth-order valence-corrected chi connectivity index (χ4v) is 2.46. The van der Waals surface area contributed by atoms with E-state index >= 15 is 0 Å². The minimum Gasteiger partial charge on any atom is -0.494 e. The topological polar surface area (TPSA) is 21.3 Å². The van der Waals surface area contributed by atoms with Gasteiger partial charge < -0.3 is 10.1 Å². The number of hydrogen-bond acceptors (Lipinski definition) is 2. The molecule has 2 aromatic carbocycles. The molecule has 0 bridgehead atoms. The van der Waals surface area contributed by atoms with E-state index in [2.05, 4.69) is 56.4 Å². The van der Waals surface area contributed by atoms with Crippen LogP contribution in [0.1, 0.15) is 29.2 Å². The van der Waals surface area contributed by atoms with E-state index in [-0.39, 0.29) is 0 Å². The Balaban J connectivity index is 2.06. The molecule has 0 aromatic heterocycles. The van der Waals surface area contributed by atoms with Crippen molar-refractivity contribution >= 4 is 5.69 Å². The summed E-state index contributed by atoms with van der Waals surface area (Å²) in [6, 6.07) is 12.8. The average molecular weight is 269 g/mol. The van der Waals surface area contributed by atoms with Crippen molar-refractivity contribution in [2.24, 2.45) is 0 Å². The first-order chi connectivity index (χ1) is 9.58. The number of ether oxygens (including phenoxy) is 1. The molecule has 0 aliphatic carbocycles. The van der Waals surface area contributed by atoms with Gasteiger partial charge in [0.25, 0.3) is 0 Å². The highest BCUT2D eigenvalue weighted by molar-refractivity contribution is 5.54. The van der Waals surface area contributed by atoms with Gasteiger partial charge in [-0.25, -0.2) is 0 Å². The van der Waals surface area contributed by atoms with Crippen LogP contribution in [0.25, 0.3) is 0 Å². The first-order valence-electron chi connectivity index (χ1n) is 7.13. The third-order valence-electron chi connectivity index (χ3n) is 3.27. The van der Waals surface area contributed by atoms with Gasteiger partial charge >= 0.3 is 0 Å². The minimum absolute atomic E-state index is 0.703. The van der Waals surface area contributed by atoms with Crippen LogP contribution in [-0.2, 0) is 6.54 Å². The van der Waals surface area contributed by atoms with Gasteiger partial charge in [-0.1, -0.05) is 29.3 Å². The van der Waals surface area contributed by atoms with Crippen molar-refractivity contribution in [3.63, 3.8) is 0 Å². The number of rotatable bonds is 5. The highest BCUT2D eigenvalue weighted by Crippen LogP contribution is 2.22. The van der Waals surface area contributed by atoms with Crippen molar-refractivity contribution in [2.45, 2.75) is 34.2 Å². The van der Waals surface area contributed by atoms with Crippen LogP contribution in [0.4, 0.5) is 5.69 Å². The lowest BCUT2D eigenvalue weighted by molar-refractivity contribution is 0.340. The molecule has 0 unspecified atom stereocenters. The molecule has 0 aliphatic heterocycles. The number of aryl methyl sites for hydroxylation is 3. The van der Waals surface area contributed by atoms with Gasteiger partial charge in [0, 0.05) is 12.2 Å². The zero-order valence-corrected chi connectivity index (χ0v) is 12.8. The summed E-state index contributed by atoms with van der Waals surface area (Å²) in [5.41, 5.74) is 6.30. The highest BCUT2D eigenvalue weighted by atomic mass is 16.5. The molecule has 0 saturated heterocycles. The van der Waals surface area contributed by atoms with Gasteiger partial charge in [0.15, 0.2) is 0 Å². The van der Waals surface area contributed by atoms with Crippen LogP contribution in [0.2, 0.25) is 0 Å². The standard InChI is InChI=1S/C18H23NO/c1-5-20-17-6-7-18(15(4)11-17)19-12-16-9-13(2)8-14(3)10-16/h6-11,19H,5,12H2,1-4H3. The van der Waals surface area contributed by atoms with E-state index in [9.17, 15) is 0 Å². The fourth-order valence-electron chi connectivity index (χ4n) is 2.46. The molecule has 0 fully saturated rings. The third-order valence-corrected chi connectivity index (χ3v) is 3.27. The van der Waals surface area contributed by atoms with E-state index in [0.29, 0.717) is 6.61 Å². The largest absolute Gasteiger partial charge is 0.494 e. The molecule has 2 nitrogen and oxygen atoms in total. The predicted octanol–water partition coefficient (Wildman–Crippen LogP) is 4.62. The van der Waals surface area contributed by atoms with Crippen molar-refractivity contribution in [1.29, 1.82) is 0 Å². The zero-order valence-electron chi connectivity index (χ0n) is 12.8. The van der Waals surface area contributed by atoms with Crippen LogP contribution < -0.4 is 10.1 Å². The van der Waals surface area contributed by atoms with Crippen molar-refractivity contribution in [2.75, 3.05) is 11.9 Å². The Labute approximate surface area is 121 Å². The van der Waals surface area contributed by atoms with Gasteiger partial charge in [-0.2, -0.15) is 0 Å². The Kier molecular flexibility index (Phi) is 4.67. The molecule has 0 aliphatic rings. The molecule has 0 radical (unpaired) electrons. The Morgan fingerprint density at radius 2 is 1.65 bits per heavy atom. The van der Waals surface area contributed by atoms with Crippen molar-refractivity contribution in [3.8, 4) is 5.75 Å². The van der Waals surface area contributed by atoms with Gasteiger partial charge in [-0.05, 0) is 57.0 Å². The Bertz CT molecular complexity index is 570. The fraction of sp³-hybridized carbons (Fsp3) is 0.333. The first kappa shape index (κ1) is 14.4. The average Bonchev–Trinajstić information content (AvgIpc) is 2.37. The van der Waals surface area contributed by atoms with E-state index in [1.807, 2.05) is 13.0 Å². The summed E-state index contributed by atoms with van der Waals surface area (Å²) in [4.78, 5) is 0. The second-order valence-corrected chi connectivity index (χ2v) is 5.26. The second-order valence-electron chi connectivity index (χ2n) is 5.26. The van der Waals surface area contributed by atoms with E-state index in [4.69, 9.17) is 4.74 Å². The summed E-state index contributed by atoms with van der Waals surface area (Å²) in [6.07, 6.45) is 0. The van der Waals surface area contributed by atoms with Gasteiger partial charge in [0.1, 0.15) is 5.75 Å². The number of nitrogens with one attached hydrogen (secondary N) is 1. The van der Waals surface area contributed by atoms with Crippen LogP contribution in [-0.4, -0.2) is 6.61 Å². The molecule has 20 heavy (non-hydrogen) atoms. The van der Waals surface area contributed by atoms with E-state index < -0.39 is 0 Å². The monoisotopic (exact) mass is 269 g/mol. The second kappa shape index (κ2) is 6.47. The van der Waals surface area contributed by atoms with Gasteiger partial charge in [0.2, 0.25) is 0 Å². The normalized spacial score (nSPS) is 10.4. The van der Waals surface area contributed by atoms with Crippen LogP contribution in [0.3, 0.4) is 0 Å². The Morgan fingerprint density at radius 1 is 0.950 bits per heavy atom. The summed E-state index contributed by atoms with van der Waals surface area (Å²) < 4.78 is 5.51. The lowest BCUT2D eigenvalue weighted by Crippen LogP contribution is -2.02. The highest BCUT2D eigenvalue weighted by Gasteiger charge is 2.01. The smallest absolute Gasteiger partial charge is 0.119 e. The predicted molar refractivity (Wildman–Crippen MR) is 85.6 cm³/mol. The molecule has 2 heteroatoms. The maximum Gasteiger partial charge on any atom is 0.119 e. The van der Waals surface area contributed by atoms with E-state index in [1.54, 1.807) is 0 Å². The summed E-state index contributed by atoms with van der Waals surface area (Å²) in [5, 5.41) is 3.50. The molecule has 0 heterocycles. The maximum atomic E-state index is 5.51. The maximum absolute atomic E-state index is 5.51. The number of benzene rings is 2. The van der Waals surface area contributed by atoms with Gasteiger partial charge in [-0.15, -0.1) is 0 Å². The Morgan fingerprint density at radius 3 is 2.25 bits per heavy atom. The summed E-state index contributed by atoms with van der Waals surface area (Å²) in [6.45, 7) is 9.93. The van der Waals surface area contributed by atoms with Crippen LogP contribution in [0.15, 0.2) is 36.4 Å². The lowest BCUT2D eigenvalue weighted by atomic mass is 10.1. The van der Waals surface area contributed by atoms with E-state index in [0.717, 1.165) is 18.0 Å². The molecule has 2 rings (SSSR count). The van der Waals surface area contributed by atoms with Crippen molar-refractivity contribution in [3.05, 3.63) is 58.7 Å². The molecular formula is C18H23NO. The van der Waals surface area contributed by atoms with Crippen LogP contribution >= 0.6 is 0 Å². The number of anilines is 1. The van der Waals surface area contributed by atoms with Gasteiger partial charge in [0.05, 0.1) is 6.61 Å². The molecule has 2 aromatic rings. The van der Waals surface area contributed by atoms with Crippen molar-refractivity contribution < 1.29 is 4.74 Å². The third kappa shape index (κ3) is 3.77. The Hall–Kier alpha value is -1.96. The molecule has 0 atom stereocenters. The molecule has 1 N–H and O–H groups in total. The van der Waals surface area contributed by atoms with Crippen molar-refractivity contribution in [1.82, 2.24) is 0 Å². The summed E-state index contributed by atoms with van der Waals surface area (Å²) >= 11 is 0. The summed E-state index contributed by atoms with van der Waals surface area (Å²) in [5.74, 6) is 0.932. The zero-order chi connectivity index (χ0) is 14.5. The quantitative estimate of drug-likeness (QED) is 0.855. The molecule has 106 valence electrons. The van der Waals surface area contributed by atoms with E-state index in [1.165, 1.54) is 22.3 Å².